The second-order valence-corrected chi connectivity index (χ2v) is 9.79. The summed E-state index contributed by atoms with van der Waals surface area (Å²) < 4.78 is 31.5. The summed E-state index contributed by atoms with van der Waals surface area (Å²) in [6, 6.07) is 0. The number of esters is 3. The van der Waals surface area contributed by atoms with Crippen LogP contribution in [-0.2, 0) is 42.8 Å². The molecule has 1 aliphatic carbocycles. The minimum Gasteiger partial charge on any atom is -0.465 e. The van der Waals surface area contributed by atoms with Crippen molar-refractivity contribution in [3.8, 4) is 37.6 Å². The number of ether oxygens (including phenoxy) is 6. The van der Waals surface area contributed by atoms with Crippen LogP contribution in [0.3, 0.4) is 0 Å². The molecule has 0 aliphatic heterocycles. The van der Waals surface area contributed by atoms with Crippen LogP contribution in [0.5, 0.6) is 0 Å². The van der Waals surface area contributed by atoms with E-state index in [-0.39, 0.29) is 44.6 Å². The second kappa shape index (κ2) is 19.5. The summed E-state index contributed by atoms with van der Waals surface area (Å²) in [7, 11) is 0. The average Bonchev–Trinajstić information content (AvgIpc) is 2.91. The average molecular weight is 547 g/mol. The number of carbonyl (C=O) groups excluding carboxylic acids is 3. The Morgan fingerprint density at radius 1 is 0.641 bits per heavy atom. The lowest BCUT2D eigenvalue weighted by Gasteiger charge is -2.32. The van der Waals surface area contributed by atoms with E-state index in [1.54, 1.807) is 0 Å². The Hall–Kier alpha value is -3.51. The Bertz CT molecular complexity index is 878. The smallest absolute Gasteiger partial charge is 0.309 e. The van der Waals surface area contributed by atoms with E-state index in [1.165, 1.54) is 0 Å². The van der Waals surface area contributed by atoms with E-state index < -0.39 is 35.7 Å². The Labute approximate surface area is 232 Å². The van der Waals surface area contributed by atoms with Crippen molar-refractivity contribution in [2.75, 3.05) is 19.8 Å². The number of hydrogen-bond donors (Lipinski definition) is 0. The summed E-state index contributed by atoms with van der Waals surface area (Å²) in [5, 5.41) is 0. The first-order chi connectivity index (χ1) is 18.7. The highest BCUT2D eigenvalue weighted by Gasteiger charge is 2.43. The molecular weight excluding hydrogens is 504 g/mol. The van der Waals surface area contributed by atoms with Gasteiger partial charge < -0.3 is 28.4 Å². The largest absolute Gasteiger partial charge is 0.465 e. The summed E-state index contributed by atoms with van der Waals surface area (Å²) in [6.45, 7) is 6.04. The van der Waals surface area contributed by atoms with Gasteiger partial charge >= 0.3 is 17.9 Å². The van der Waals surface area contributed by atoms with Crippen LogP contribution in [-0.4, -0.2) is 56.0 Å². The SMILES string of the molecule is C#COC(C)CCCOC(=O)C1CCC(C(=O)OCCCC(C)OC#C)C(C(=O)OCCCC(C)OC#C)C1. The standard InChI is InChI=1S/C30H42O9/c1-7-34-22(4)13-10-18-37-28(31)25-16-17-26(29(32)38-19-11-14-23(5)35-8-2)27(21-25)30(33)39-20-12-15-24(6)36-9-3/h1-3,22-27H,10-21H2,4-6H3. The van der Waals surface area contributed by atoms with Gasteiger partial charge in [-0.05, 0) is 78.6 Å². The zero-order valence-electron chi connectivity index (χ0n) is 23.4. The minimum atomic E-state index is -0.809. The molecule has 0 aromatic heterocycles. The first-order valence-electron chi connectivity index (χ1n) is 13.6. The molecule has 1 saturated carbocycles. The normalized spacial score (nSPS) is 20.5. The molecule has 39 heavy (non-hydrogen) atoms. The van der Waals surface area contributed by atoms with Crippen LogP contribution >= 0.6 is 0 Å². The third-order valence-electron chi connectivity index (χ3n) is 6.59. The zero-order chi connectivity index (χ0) is 29.0. The van der Waals surface area contributed by atoms with Crippen molar-refractivity contribution in [1.82, 2.24) is 0 Å². The topological polar surface area (TPSA) is 107 Å². The van der Waals surface area contributed by atoms with Crippen molar-refractivity contribution in [2.45, 2.75) is 96.9 Å². The molecule has 0 radical (unpaired) electrons. The lowest BCUT2D eigenvalue weighted by molar-refractivity contribution is -0.167. The summed E-state index contributed by atoms with van der Waals surface area (Å²) in [4.78, 5) is 38.7. The van der Waals surface area contributed by atoms with Gasteiger partial charge in [0.25, 0.3) is 0 Å². The summed E-state index contributed by atoms with van der Waals surface area (Å²) >= 11 is 0. The Morgan fingerprint density at radius 2 is 1.03 bits per heavy atom. The molecule has 9 heteroatoms. The molecule has 9 nitrogen and oxygen atoms in total. The molecule has 216 valence electrons. The molecule has 0 bridgehead atoms. The highest BCUT2D eigenvalue weighted by Crippen LogP contribution is 2.36. The van der Waals surface area contributed by atoms with E-state index in [9.17, 15) is 14.4 Å². The molecule has 0 aromatic rings. The van der Waals surface area contributed by atoms with Crippen LogP contribution in [0.15, 0.2) is 0 Å². The van der Waals surface area contributed by atoms with Crippen molar-refractivity contribution in [1.29, 1.82) is 0 Å². The quantitative estimate of drug-likeness (QED) is 0.109. The van der Waals surface area contributed by atoms with E-state index in [1.807, 2.05) is 20.8 Å². The third-order valence-corrected chi connectivity index (χ3v) is 6.59. The van der Waals surface area contributed by atoms with E-state index in [0.717, 1.165) is 0 Å². The zero-order valence-corrected chi connectivity index (χ0v) is 23.4. The number of terminal acetylenes is 3. The fraction of sp³-hybridized carbons (Fsp3) is 0.700. The molecule has 0 heterocycles. The fourth-order valence-corrected chi connectivity index (χ4v) is 4.42. The highest BCUT2D eigenvalue weighted by molar-refractivity contribution is 5.83. The van der Waals surface area contributed by atoms with E-state index in [2.05, 4.69) is 18.3 Å². The monoisotopic (exact) mass is 546 g/mol. The molecule has 0 aromatic carbocycles. The lowest BCUT2D eigenvalue weighted by Crippen LogP contribution is -2.40. The summed E-state index contributed by atoms with van der Waals surface area (Å²) in [5.41, 5.74) is 0. The van der Waals surface area contributed by atoms with Gasteiger partial charge in [0.2, 0.25) is 0 Å². The molecule has 1 fully saturated rings. The van der Waals surface area contributed by atoms with E-state index >= 15 is 0 Å². The first kappa shape index (κ1) is 33.5. The van der Waals surface area contributed by atoms with Crippen LogP contribution in [0.1, 0.15) is 78.6 Å². The van der Waals surface area contributed by atoms with Crippen LogP contribution in [0.4, 0.5) is 0 Å². The summed E-state index contributed by atoms with van der Waals surface area (Å²) in [6.07, 6.45) is 25.8. The van der Waals surface area contributed by atoms with Crippen molar-refractivity contribution in [3.05, 3.63) is 0 Å². The van der Waals surface area contributed by atoms with Crippen molar-refractivity contribution < 1.29 is 42.8 Å². The molecule has 6 unspecified atom stereocenters. The van der Waals surface area contributed by atoms with Crippen LogP contribution in [0, 0.1) is 55.3 Å². The van der Waals surface area contributed by atoms with Gasteiger partial charge in [-0.2, -0.15) is 0 Å². The van der Waals surface area contributed by atoms with Gasteiger partial charge in [0.05, 0.1) is 37.6 Å². The molecule has 0 saturated heterocycles. The predicted molar refractivity (Wildman–Crippen MR) is 143 cm³/mol. The first-order valence-corrected chi connectivity index (χ1v) is 13.6. The van der Waals surface area contributed by atoms with Gasteiger partial charge in [0, 0.05) is 0 Å². The van der Waals surface area contributed by atoms with Gasteiger partial charge in [0.15, 0.2) is 0 Å². The Balaban J connectivity index is 2.69. The number of rotatable bonds is 18. The van der Waals surface area contributed by atoms with Gasteiger partial charge in [-0.15, -0.1) is 0 Å². The van der Waals surface area contributed by atoms with E-state index in [4.69, 9.17) is 47.7 Å². The lowest BCUT2D eigenvalue weighted by atomic mass is 9.74. The van der Waals surface area contributed by atoms with Crippen molar-refractivity contribution in [3.63, 3.8) is 0 Å². The molecule has 6 atom stereocenters. The predicted octanol–water partition coefficient (Wildman–Crippen LogP) is 3.98. The summed E-state index contributed by atoms with van der Waals surface area (Å²) in [5.74, 6) is -3.43. The van der Waals surface area contributed by atoms with Gasteiger partial charge in [-0.25, -0.2) is 0 Å². The van der Waals surface area contributed by atoms with Crippen molar-refractivity contribution in [2.24, 2.45) is 17.8 Å². The number of carbonyl (C=O) groups is 3. The van der Waals surface area contributed by atoms with Gasteiger partial charge in [-0.3, -0.25) is 14.4 Å². The van der Waals surface area contributed by atoms with Crippen LogP contribution < -0.4 is 0 Å². The maximum Gasteiger partial charge on any atom is 0.309 e. The molecule has 1 rings (SSSR count). The van der Waals surface area contributed by atoms with Gasteiger partial charge in [-0.1, -0.05) is 19.3 Å². The van der Waals surface area contributed by atoms with Crippen molar-refractivity contribution >= 4 is 17.9 Å². The molecule has 0 spiro atoms. The second-order valence-electron chi connectivity index (χ2n) is 9.79. The van der Waals surface area contributed by atoms with E-state index in [0.29, 0.717) is 51.4 Å². The highest BCUT2D eigenvalue weighted by atomic mass is 16.5. The third kappa shape index (κ3) is 13.7. The van der Waals surface area contributed by atoms with Gasteiger partial charge in [0.1, 0.15) is 36.6 Å². The molecule has 1 aliphatic rings. The molecule has 0 N–H and O–H groups in total. The minimum absolute atomic E-state index is 0.136. The fourth-order valence-electron chi connectivity index (χ4n) is 4.42. The molecule has 0 amide bonds. The Morgan fingerprint density at radius 3 is 1.44 bits per heavy atom. The number of hydrogen-bond acceptors (Lipinski definition) is 9. The van der Waals surface area contributed by atoms with Crippen LogP contribution in [0.25, 0.3) is 0 Å². The Kier molecular flexibility index (Phi) is 16.8. The maximum atomic E-state index is 13.0. The molecular formula is C30H42O9. The maximum absolute atomic E-state index is 13.0. The van der Waals surface area contributed by atoms with Crippen LogP contribution in [0.2, 0.25) is 0 Å².